The maximum Gasteiger partial charge on any atom is 0.322 e. The van der Waals surface area contributed by atoms with E-state index in [4.69, 9.17) is 9.84 Å². The van der Waals surface area contributed by atoms with Crippen LogP contribution in [0.4, 0.5) is 0 Å². The first-order valence-corrected chi connectivity index (χ1v) is 6.91. The van der Waals surface area contributed by atoms with Gasteiger partial charge in [-0.05, 0) is 30.0 Å². The van der Waals surface area contributed by atoms with Crippen LogP contribution in [0.3, 0.4) is 0 Å². The van der Waals surface area contributed by atoms with E-state index in [2.05, 4.69) is 10.6 Å². The van der Waals surface area contributed by atoms with E-state index in [-0.39, 0.29) is 24.3 Å². The quantitative estimate of drug-likeness (QED) is 0.663. The Labute approximate surface area is 127 Å². The van der Waals surface area contributed by atoms with Crippen LogP contribution in [0.25, 0.3) is 0 Å². The second-order valence-electron chi connectivity index (χ2n) is 5.11. The van der Waals surface area contributed by atoms with Gasteiger partial charge in [-0.25, -0.2) is 0 Å². The monoisotopic (exact) mass is 306 g/mol. The first-order chi connectivity index (χ1) is 10.5. The lowest BCUT2D eigenvalue weighted by atomic mass is 10.1. The van der Waals surface area contributed by atoms with E-state index in [1.54, 1.807) is 7.11 Å². The molecule has 0 saturated heterocycles. The van der Waals surface area contributed by atoms with Crippen molar-refractivity contribution >= 4 is 17.8 Å². The van der Waals surface area contributed by atoms with Crippen LogP contribution in [0.1, 0.15) is 17.9 Å². The normalized spacial score (nSPS) is 19.1. The summed E-state index contributed by atoms with van der Waals surface area (Å²) in [6.45, 7) is -0.662. The van der Waals surface area contributed by atoms with E-state index in [9.17, 15) is 14.4 Å². The standard InChI is InChI=1S/C15H18N2O5/c1-22-10-4-2-9(3-5-10)11-6-12(11)15(21)17-7-13(18)16-8-14(19)20/h2-5,11-12H,6-8H2,1H3,(H,16,18)(H,17,21)(H,19,20). The smallest absolute Gasteiger partial charge is 0.322 e. The van der Waals surface area contributed by atoms with Crippen molar-refractivity contribution in [3.8, 4) is 5.75 Å². The Balaban J connectivity index is 1.75. The molecule has 0 aliphatic heterocycles. The molecular formula is C15H18N2O5. The summed E-state index contributed by atoms with van der Waals surface area (Å²) in [4.78, 5) is 33.5. The lowest BCUT2D eigenvalue weighted by Crippen LogP contribution is -2.39. The zero-order valence-corrected chi connectivity index (χ0v) is 12.2. The second-order valence-corrected chi connectivity index (χ2v) is 5.11. The van der Waals surface area contributed by atoms with Crippen molar-refractivity contribution in [2.24, 2.45) is 5.92 Å². The van der Waals surface area contributed by atoms with E-state index in [1.165, 1.54) is 0 Å². The summed E-state index contributed by atoms with van der Waals surface area (Å²) in [5, 5.41) is 13.1. The molecule has 1 aliphatic carbocycles. The van der Waals surface area contributed by atoms with Crippen LogP contribution < -0.4 is 15.4 Å². The lowest BCUT2D eigenvalue weighted by molar-refractivity contribution is -0.137. The third-order valence-corrected chi connectivity index (χ3v) is 3.53. The second kappa shape index (κ2) is 6.93. The van der Waals surface area contributed by atoms with Gasteiger partial charge in [0.15, 0.2) is 0 Å². The van der Waals surface area contributed by atoms with Crippen LogP contribution in [-0.2, 0) is 14.4 Å². The number of carboxylic acids is 1. The van der Waals surface area contributed by atoms with E-state index < -0.39 is 18.4 Å². The molecule has 1 aromatic carbocycles. The molecule has 2 amide bonds. The molecule has 0 spiro atoms. The number of carboxylic acid groups (broad SMARTS) is 1. The first kappa shape index (κ1) is 15.8. The minimum atomic E-state index is -1.12. The van der Waals surface area contributed by atoms with Gasteiger partial charge in [0.1, 0.15) is 12.3 Å². The number of hydrogen-bond acceptors (Lipinski definition) is 4. The molecule has 118 valence electrons. The Morgan fingerprint density at radius 2 is 1.86 bits per heavy atom. The fourth-order valence-corrected chi connectivity index (χ4v) is 2.24. The van der Waals surface area contributed by atoms with E-state index >= 15 is 0 Å². The molecule has 0 radical (unpaired) electrons. The molecular weight excluding hydrogens is 288 g/mol. The predicted octanol–water partition coefficient (Wildman–Crippen LogP) is 0.116. The van der Waals surface area contributed by atoms with Gasteiger partial charge in [0.25, 0.3) is 0 Å². The highest BCUT2D eigenvalue weighted by atomic mass is 16.5. The Hall–Kier alpha value is -2.57. The number of nitrogens with one attached hydrogen (secondary N) is 2. The van der Waals surface area contributed by atoms with Crippen molar-refractivity contribution in [1.29, 1.82) is 0 Å². The Morgan fingerprint density at radius 1 is 1.18 bits per heavy atom. The van der Waals surface area contributed by atoms with Gasteiger partial charge in [0.2, 0.25) is 11.8 Å². The summed E-state index contributed by atoms with van der Waals surface area (Å²) in [7, 11) is 1.60. The van der Waals surface area contributed by atoms with Crippen LogP contribution in [-0.4, -0.2) is 43.1 Å². The van der Waals surface area contributed by atoms with Gasteiger partial charge in [0.05, 0.1) is 13.7 Å². The summed E-state index contributed by atoms with van der Waals surface area (Å²) < 4.78 is 5.08. The summed E-state index contributed by atoms with van der Waals surface area (Å²) >= 11 is 0. The lowest BCUT2D eigenvalue weighted by Gasteiger charge is -2.06. The Kier molecular flexibility index (Phi) is 4.98. The molecule has 3 N–H and O–H groups in total. The molecule has 1 fully saturated rings. The minimum Gasteiger partial charge on any atom is -0.497 e. The number of methoxy groups -OCH3 is 1. The van der Waals surface area contributed by atoms with Crippen LogP contribution in [0.2, 0.25) is 0 Å². The first-order valence-electron chi connectivity index (χ1n) is 6.91. The molecule has 2 unspecified atom stereocenters. The van der Waals surface area contributed by atoms with Crippen molar-refractivity contribution in [3.63, 3.8) is 0 Å². The summed E-state index contributed by atoms with van der Waals surface area (Å²) in [6.07, 6.45) is 0.745. The van der Waals surface area contributed by atoms with Gasteiger partial charge in [-0.3, -0.25) is 14.4 Å². The molecule has 0 aromatic heterocycles. The third kappa shape index (κ3) is 4.21. The summed E-state index contributed by atoms with van der Waals surface area (Å²) in [5.74, 6) is -1.04. The number of aliphatic carboxylic acids is 1. The van der Waals surface area contributed by atoms with Crippen molar-refractivity contribution in [2.45, 2.75) is 12.3 Å². The zero-order chi connectivity index (χ0) is 16.1. The Bertz CT molecular complexity index is 570. The maximum atomic E-state index is 11.9. The third-order valence-electron chi connectivity index (χ3n) is 3.53. The number of carbonyl (C=O) groups excluding carboxylic acids is 2. The van der Waals surface area contributed by atoms with Crippen LogP contribution in [0.5, 0.6) is 5.75 Å². The number of benzene rings is 1. The van der Waals surface area contributed by atoms with E-state index in [1.807, 2.05) is 24.3 Å². The minimum absolute atomic E-state index is 0.138. The SMILES string of the molecule is COc1ccc(C2CC2C(=O)NCC(=O)NCC(=O)O)cc1. The molecule has 7 heteroatoms. The number of amides is 2. The average Bonchev–Trinajstić information content (AvgIpc) is 3.31. The number of rotatable bonds is 7. The highest BCUT2D eigenvalue weighted by Crippen LogP contribution is 2.47. The maximum absolute atomic E-state index is 11.9. The van der Waals surface area contributed by atoms with Gasteiger partial charge >= 0.3 is 5.97 Å². The highest BCUT2D eigenvalue weighted by molar-refractivity contribution is 5.89. The predicted molar refractivity (Wildman–Crippen MR) is 77.5 cm³/mol. The molecule has 1 saturated carbocycles. The summed E-state index contributed by atoms with van der Waals surface area (Å²) in [5.41, 5.74) is 1.07. The van der Waals surface area contributed by atoms with Gasteiger partial charge in [0, 0.05) is 5.92 Å². The number of carbonyl (C=O) groups is 3. The Morgan fingerprint density at radius 3 is 2.45 bits per heavy atom. The molecule has 2 atom stereocenters. The molecule has 0 heterocycles. The van der Waals surface area contributed by atoms with Gasteiger partial charge in [-0.2, -0.15) is 0 Å². The largest absolute Gasteiger partial charge is 0.497 e. The molecule has 0 bridgehead atoms. The summed E-state index contributed by atoms with van der Waals surface area (Å²) in [6, 6.07) is 7.55. The highest BCUT2D eigenvalue weighted by Gasteiger charge is 2.43. The fraction of sp³-hybridized carbons (Fsp3) is 0.400. The van der Waals surface area contributed by atoms with Gasteiger partial charge < -0.3 is 20.5 Å². The van der Waals surface area contributed by atoms with Gasteiger partial charge in [-0.15, -0.1) is 0 Å². The van der Waals surface area contributed by atoms with Crippen molar-refractivity contribution in [2.75, 3.05) is 20.2 Å². The number of ether oxygens (including phenoxy) is 1. The molecule has 1 aliphatic rings. The average molecular weight is 306 g/mol. The van der Waals surface area contributed by atoms with Crippen LogP contribution >= 0.6 is 0 Å². The van der Waals surface area contributed by atoms with E-state index in [0.717, 1.165) is 17.7 Å². The van der Waals surface area contributed by atoms with Crippen molar-refractivity contribution in [1.82, 2.24) is 10.6 Å². The molecule has 7 nitrogen and oxygen atoms in total. The zero-order valence-electron chi connectivity index (χ0n) is 12.2. The van der Waals surface area contributed by atoms with Crippen LogP contribution in [0, 0.1) is 5.92 Å². The molecule has 1 aromatic rings. The number of hydrogen-bond donors (Lipinski definition) is 3. The van der Waals surface area contributed by atoms with Crippen LogP contribution in [0.15, 0.2) is 24.3 Å². The topological polar surface area (TPSA) is 105 Å². The van der Waals surface area contributed by atoms with Crippen molar-refractivity contribution < 1.29 is 24.2 Å². The van der Waals surface area contributed by atoms with Gasteiger partial charge in [-0.1, -0.05) is 12.1 Å². The van der Waals surface area contributed by atoms with E-state index in [0.29, 0.717) is 0 Å². The molecule has 22 heavy (non-hydrogen) atoms. The fourth-order valence-electron chi connectivity index (χ4n) is 2.24. The van der Waals surface area contributed by atoms with Crippen molar-refractivity contribution in [3.05, 3.63) is 29.8 Å². The molecule has 2 rings (SSSR count).